The summed E-state index contributed by atoms with van der Waals surface area (Å²) in [5, 5.41) is 20.2. The van der Waals surface area contributed by atoms with E-state index < -0.39 is 16.1 Å². The van der Waals surface area contributed by atoms with Gasteiger partial charge in [0.25, 0.3) is 16.1 Å². The number of fused-ring (bicyclic) bond motifs is 1. The number of anilines is 1. The highest BCUT2D eigenvalue weighted by atomic mass is 32.2. The number of amides is 1. The maximum atomic E-state index is 12.9. The predicted molar refractivity (Wildman–Crippen MR) is 131 cm³/mol. The van der Waals surface area contributed by atoms with Crippen molar-refractivity contribution in [2.24, 2.45) is 0 Å². The highest BCUT2D eigenvalue weighted by Gasteiger charge is 2.29. The second kappa shape index (κ2) is 10.6. The quantitative estimate of drug-likeness (QED) is 0.492. The minimum atomic E-state index is -3.56. The van der Waals surface area contributed by atoms with E-state index in [1.165, 1.54) is 29.0 Å². The highest BCUT2D eigenvalue weighted by Crippen LogP contribution is 2.23. The first-order chi connectivity index (χ1) is 16.2. The molecule has 4 rings (SSSR count). The van der Waals surface area contributed by atoms with Crippen molar-refractivity contribution >= 4 is 21.9 Å². The molecule has 1 aliphatic rings. The molecule has 0 fully saturated rings. The normalized spacial score (nSPS) is 14.8. The zero-order valence-electron chi connectivity index (χ0n) is 19.1. The van der Waals surface area contributed by atoms with Crippen molar-refractivity contribution < 1.29 is 18.3 Å². The molecule has 4 heterocycles. The van der Waals surface area contributed by atoms with E-state index in [4.69, 9.17) is 0 Å². The lowest BCUT2D eigenvalue weighted by atomic mass is 10.0. The molecular weight excluding hydrogens is 472 g/mol. The molecule has 0 saturated carbocycles. The standard InChI is InChI=1S/C21H26N8O4S.CH4/c1-14(12-30)29-13-23-26-20(29)17-5-4-6-19(24-17)25-21(31)18-9-16-11-28(34(32,33)27(2)3)8-7-15(16)10-22-18;/h4-6,9-10,13-14,30H,7-8,11-12H2,1-3H3,(H,24,25,31);1H4/t14-;/m1./s1. The largest absolute Gasteiger partial charge is 0.394 e. The second-order valence-electron chi connectivity index (χ2n) is 8.17. The fourth-order valence-electron chi connectivity index (χ4n) is 3.61. The first-order valence-electron chi connectivity index (χ1n) is 10.6. The number of pyridine rings is 2. The number of aromatic nitrogens is 5. The predicted octanol–water partition coefficient (Wildman–Crippen LogP) is 1.34. The third-order valence-electron chi connectivity index (χ3n) is 5.61. The molecule has 35 heavy (non-hydrogen) atoms. The van der Waals surface area contributed by atoms with Crippen molar-refractivity contribution in [1.82, 2.24) is 33.3 Å². The Hall–Kier alpha value is -3.26. The van der Waals surface area contributed by atoms with Crippen molar-refractivity contribution in [3.63, 3.8) is 0 Å². The highest BCUT2D eigenvalue weighted by molar-refractivity contribution is 7.86. The molecule has 0 unspecified atom stereocenters. The van der Waals surface area contributed by atoms with Crippen LogP contribution in [-0.2, 0) is 23.2 Å². The van der Waals surface area contributed by atoms with Gasteiger partial charge in [-0.15, -0.1) is 10.2 Å². The fourth-order valence-corrected chi connectivity index (χ4v) is 4.70. The third kappa shape index (κ3) is 5.37. The first-order valence-corrected chi connectivity index (χ1v) is 12.0. The van der Waals surface area contributed by atoms with Crippen molar-refractivity contribution in [2.45, 2.75) is 33.4 Å². The van der Waals surface area contributed by atoms with Gasteiger partial charge in [-0.25, -0.2) is 4.98 Å². The molecule has 2 N–H and O–H groups in total. The number of nitrogens with one attached hydrogen (secondary N) is 1. The Kier molecular flexibility index (Phi) is 7.95. The summed E-state index contributed by atoms with van der Waals surface area (Å²) in [5.74, 6) is 0.294. The number of hydrogen-bond donors (Lipinski definition) is 2. The minimum absolute atomic E-state index is 0. The van der Waals surface area contributed by atoms with E-state index in [1.807, 2.05) is 6.92 Å². The van der Waals surface area contributed by atoms with Gasteiger partial charge in [0.2, 0.25) is 0 Å². The van der Waals surface area contributed by atoms with E-state index in [-0.39, 0.29) is 32.3 Å². The molecule has 0 spiro atoms. The van der Waals surface area contributed by atoms with E-state index >= 15 is 0 Å². The number of rotatable bonds is 7. The van der Waals surface area contributed by atoms with E-state index in [9.17, 15) is 18.3 Å². The summed E-state index contributed by atoms with van der Waals surface area (Å²) in [4.78, 5) is 21.6. The number of carbonyl (C=O) groups excluding carboxylic acids is 1. The van der Waals surface area contributed by atoms with Crippen LogP contribution in [-0.4, -0.2) is 80.0 Å². The molecule has 0 radical (unpaired) electrons. The van der Waals surface area contributed by atoms with Crippen LogP contribution in [0.5, 0.6) is 0 Å². The molecule has 0 aromatic carbocycles. The number of aliphatic hydroxyl groups excluding tert-OH is 1. The van der Waals surface area contributed by atoms with E-state index in [2.05, 4.69) is 25.5 Å². The Labute approximate surface area is 204 Å². The molecule has 3 aromatic heterocycles. The monoisotopic (exact) mass is 502 g/mol. The molecule has 1 amide bonds. The molecular formula is C22H30N8O4S. The number of aliphatic hydroxyl groups is 1. The van der Waals surface area contributed by atoms with E-state index in [0.29, 0.717) is 30.3 Å². The lowest BCUT2D eigenvalue weighted by Crippen LogP contribution is -2.42. The SMILES string of the molecule is C.C[C@H](CO)n1cnnc1-c1cccc(NC(=O)c2cc3c(cn2)CCN(S(=O)(=O)N(C)C)C3)n1. The summed E-state index contributed by atoms with van der Waals surface area (Å²) in [6.07, 6.45) is 3.65. The lowest BCUT2D eigenvalue weighted by molar-refractivity contribution is 0.102. The topological polar surface area (TPSA) is 146 Å². The maximum Gasteiger partial charge on any atom is 0.281 e. The molecule has 0 saturated heterocycles. The summed E-state index contributed by atoms with van der Waals surface area (Å²) in [5.41, 5.74) is 2.30. The number of hydrogen-bond acceptors (Lipinski definition) is 8. The van der Waals surface area contributed by atoms with Crippen LogP contribution in [0.1, 0.15) is 42.0 Å². The van der Waals surface area contributed by atoms with Gasteiger partial charge in [0.15, 0.2) is 5.82 Å². The fraction of sp³-hybridized carbons (Fsp3) is 0.409. The summed E-state index contributed by atoms with van der Waals surface area (Å²) >= 11 is 0. The average Bonchev–Trinajstić information content (AvgIpc) is 3.33. The van der Waals surface area contributed by atoms with Crippen LogP contribution in [0.25, 0.3) is 11.5 Å². The van der Waals surface area contributed by atoms with Crippen LogP contribution in [0.3, 0.4) is 0 Å². The Morgan fingerprint density at radius 1 is 1.29 bits per heavy atom. The molecule has 12 nitrogen and oxygen atoms in total. The lowest BCUT2D eigenvalue weighted by Gasteiger charge is -2.30. The van der Waals surface area contributed by atoms with Gasteiger partial charge in [-0.05, 0) is 42.7 Å². The van der Waals surface area contributed by atoms with Crippen molar-refractivity contribution in [3.05, 3.63) is 53.6 Å². The summed E-state index contributed by atoms with van der Waals surface area (Å²) in [6.45, 7) is 2.27. The van der Waals surface area contributed by atoms with Gasteiger partial charge in [-0.3, -0.25) is 9.78 Å². The zero-order valence-corrected chi connectivity index (χ0v) is 19.9. The number of nitrogens with zero attached hydrogens (tertiary/aromatic N) is 7. The zero-order chi connectivity index (χ0) is 24.5. The van der Waals surface area contributed by atoms with Gasteiger partial charge in [-0.2, -0.15) is 17.0 Å². The second-order valence-corrected chi connectivity index (χ2v) is 10.3. The summed E-state index contributed by atoms with van der Waals surface area (Å²) in [6, 6.07) is 6.48. The smallest absolute Gasteiger partial charge is 0.281 e. The van der Waals surface area contributed by atoms with E-state index in [1.54, 1.807) is 35.0 Å². The van der Waals surface area contributed by atoms with Crippen LogP contribution in [0.15, 0.2) is 36.8 Å². The van der Waals surface area contributed by atoms with Crippen molar-refractivity contribution in [2.75, 3.05) is 32.6 Å². The minimum Gasteiger partial charge on any atom is -0.394 e. The van der Waals surface area contributed by atoms with Crippen LogP contribution in [0.4, 0.5) is 5.82 Å². The van der Waals surface area contributed by atoms with Crippen molar-refractivity contribution in [3.8, 4) is 11.5 Å². The van der Waals surface area contributed by atoms with Gasteiger partial charge < -0.3 is 15.0 Å². The Morgan fingerprint density at radius 3 is 2.77 bits per heavy atom. The molecule has 13 heteroatoms. The summed E-state index contributed by atoms with van der Waals surface area (Å²) < 4.78 is 29.2. The molecule has 1 atom stereocenters. The molecule has 1 aliphatic heterocycles. The maximum absolute atomic E-state index is 12.9. The van der Waals surface area contributed by atoms with Crippen LogP contribution < -0.4 is 5.32 Å². The van der Waals surface area contributed by atoms with Crippen molar-refractivity contribution in [1.29, 1.82) is 0 Å². The summed E-state index contributed by atoms with van der Waals surface area (Å²) in [7, 11) is -0.574. The molecule has 0 bridgehead atoms. The van der Waals surface area contributed by atoms with Gasteiger partial charge in [0.05, 0.1) is 12.6 Å². The van der Waals surface area contributed by atoms with Gasteiger partial charge in [0.1, 0.15) is 23.5 Å². The average molecular weight is 503 g/mol. The Bertz CT molecular complexity index is 1310. The third-order valence-corrected chi connectivity index (χ3v) is 7.50. The van der Waals surface area contributed by atoms with Gasteiger partial charge in [-0.1, -0.05) is 13.5 Å². The Morgan fingerprint density at radius 2 is 2.06 bits per heavy atom. The molecule has 0 aliphatic carbocycles. The van der Waals surface area contributed by atoms with Crippen LogP contribution in [0, 0.1) is 0 Å². The van der Waals surface area contributed by atoms with Gasteiger partial charge in [0, 0.05) is 33.4 Å². The molecule has 3 aromatic rings. The number of carbonyl (C=O) groups is 1. The van der Waals surface area contributed by atoms with Crippen LogP contribution in [0.2, 0.25) is 0 Å². The molecule has 188 valence electrons. The Balaban J connectivity index is 0.00000342. The van der Waals surface area contributed by atoms with E-state index in [0.717, 1.165) is 11.1 Å². The van der Waals surface area contributed by atoms with Crippen LogP contribution >= 0.6 is 0 Å². The first kappa shape index (κ1) is 26.3. The van der Waals surface area contributed by atoms with Gasteiger partial charge >= 0.3 is 0 Å².